The van der Waals surface area contributed by atoms with Gasteiger partial charge >= 0.3 is 0 Å². The van der Waals surface area contributed by atoms with Gasteiger partial charge in [0.15, 0.2) is 5.84 Å². The molecular weight excluding hydrogens is 280 g/mol. The fourth-order valence-corrected chi connectivity index (χ4v) is 2.22. The summed E-state index contributed by atoms with van der Waals surface area (Å²) in [4.78, 5) is 0. The Morgan fingerprint density at radius 2 is 1.82 bits per heavy atom. The third-order valence-corrected chi connectivity index (χ3v) is 3.26. The van der Waals surface area contributed by atoms with Crippen LogP contribution in [-0.4, -0.2) is 29.2 Å². The predicted octanol–water partition coefficient (Wildman–Crippen LogP) is 1.24. The smallest absolute Gasteiger partial charge is 0.173 e. The second-order valence-corrected chi connectivity index (χ2v) is 4.83. The fourth-order valence-electron chi connectivity index (χ4n) is 2.22. The Morgan fingerprint density at radius 1 is 1.05 bits per heavy atom. The summed E-state index contributed by atoms with van der Waals surface area (Å²) in [6.45, 7) is 1.01. The highest BCUT2D eigenvalue weighted by Gasteiger charge is 2.18. The number of hydrogen-bond donors (Lipinski definition) is 3. The zero-order chi connectivity index (χ0) is 15.2. The molecule has 0 saturated heterocycles. The van der Waals surface area contributed by atoms with Gasteiger partial charge < -0.3 is 9.84 Å². The van der Waals surface area contributed by atoms with E-state index < -0.39 is 0 Å². The van der Waals surface area contributed by atoms with Gasteiger partial charge in [0.2, 0.25) is 0 Å². The number of hydrazone groups is 1. The maximum Gasteiger partial charge on any atom is 0.173 e. The Bertz CT molecular complexity index is 628. The van der Waals surface area contributed by atoms with Crippen LogP contribution in [0.1, 0.15) is 11.1 Å². The maximum atomic E-state index is 8.76. The van der Waals surface area contributed by atoms with Gasteiger partial charge in [-0.2, -0.15) is 0 Å². The van der Waals surface area contributed by atoms with Gasteiger partial charge in [-0.05, 0) is 29.8 Å². The van der Waals surface area contributed by atoms with Crippen molar-refractivity contribution in [2.75, 3.05) is 13.2 Å². The summed E-state index contributed by atoms with van der Waals surface area (Å²) in [6.07, 6.45) is 0. The molecule has 0 amide bonds. The van der Waals surface area contributed by atoms with E-state index in [-0.39, 0.29) is 6.61 Å². The monoisotopic (exact) mass is 298 g/mol. The van der Waals surface area contributed by atoms with E-state index in [0.717, 1.165) is 17.1 Å². The number of amidine groups is 1. The first-order chi connectivity index (χ1) is 10.9. The number of aliphatic hydroxyl groups is 1. The molecule has 114 valence electrons. The van der Waals surface area contributed by atoms with Crippen LogP contribution >= 0.6 is 0 Å². The van der Waals surface area contributed by atoms with Gasteiger partial charge in [-0.3, -0.25) is 5.01 Å². The van der Waals surface area contributed by atoms with Crippen molar-refractivity contribution in [3.8, 4) is 5.75 Å². The molecule has 1 aliphatic rings. The predicted molar refractivity (Wildman–Crippen MR) is 83.8 cm³/mol. The van der Waals surface area contributed by atoms with Crippen molar-refractivity contribution in [3.05, 3.63) is 65.7 Å². The van der Waals surface area contributed by atoms with Gasteiger partial charge in [0.05, 0.1) is 13.2 Å². The molecule has 0 atom stereocenters. The first-order valence-corrected chi connectivity index (χ1v) is 7.11. The minimum atomic E-state index is 0.00710. The van der Waals surface area contributed by atoms with Gasteiger partial charge in [-0.15, -0.1) is 10.6 Å². The zero-order valence-corrected chi connectivity index (χ0v) is 12.1. The molecule has 0 aliphatic carbocycles. The molecule has 0 bridgehead atoms. The summed E-state index contributed by atoms with van der Waals surface area (Å²) in [5.41, 5.74) is 7.97. The van der Waals surface area contributed by atoms with Crippen LogP contribution in [0.2, 0.25) is 0 Å². The van der Waals surface area contributed by atoms with Crippen molar-refractivity contribution >= 4 is 5.84 Å². The standard InChI is InChI=1S/C16H18N4O2/c21-10-11-22-15-8-6-14(7-9-15)16-17-18-19-20(16)12-13-4-2-1-3-5-13/h1-9,18-19,21H,10-12H2. The van der Waals surface area contributed by atoms with Crippen LogP contribution in [-0.2, 0) is 6.54 Å². The molecule has 0 radical (unpaired) electrons. The Kier molecular flexibility index (Phi) is 4.53. The van der Waals surface area contributed by atoms with Crippen LogP contribution in [0.15, 0.2) is 59.7 Å². The lowest BCUT2D eigenvalue weighted by atomic mass is 10.1. The number of rotatable bonds is 6. The molecule has 6 nitrogen and oxygen atoms in total. The van der Waals surface area contributed by atoms with E-state index in [9.17, 15) is 0 Å². The van der Waals surface area contributed by atoms with Gasteiger partial charge in [-0.1, -0.05) is 30.3 Å². The van der Waals surface area contributed by atoms with E-state index >= 15 is 0 Å². The number of benzene rings is 2. The summed E-state index contributed by atoms with van der Waals surface area (Å²) in [5, 5.41) is 15.0. The molecule has 2 aromatic rings. The van der Waals surface area contributed by atoms with E-state index in [1.807, 2.05) is 47.5 Å². The van der Waals surface area contributed by atoms with Crippen LogP contribution < -0.4 is 15.8 Å². The van der Waals surface area contributed by atoms with Crippen molar-refractivity contribution in [1.82, 2.24) is 16.1 Å². The average molecular weight is 298 g/mol. The molecule has 0 spiro atoms. The largest absolute Gasteiger partial charge is 0.491 e. The van der Waals surface area contributed by atoms with E-state index in [1.165, 1.54) is 5.56 Å². The molecule has 1 aliphatic heterocycles. The minimum Gasteiger partial charge on any atom is -0.491 e. The third kappa shape index (κ3) is 3.36. The summed E-state index contributed by atoms with van der Waals surface area (Å²) in [7, 11) is 0. The van der Waals surface area contributed by atoms with Crippen molar-refractivity contribution < 1.29 is 9.84 Å². The number of aliphatic hydroxyl groups excluding tert-OH is 1. The number of nitrogens with one attached hydrogen (secondary N) is 2. The van der Waals surface area contributed by atoms with Gasteiger partial charge in [0.25, 0.3) is 0 Å². The average Bonchev–Trinajstić information content (AvgIpc) is 3.02. The second-order valence-electron chi connectivity index (χ2n) is 4.83. The van der Waals surface area contributed by atoms with Crippen molar-refractivity contribution in [1.29, 1.82) is 0 Å². The summed E-state index contributed by atoms with van der Waals surface area (Å²) >= 11 is 0. The molecule has 3 N–H and O–H groups in total. The quantitative estimate of drug-likeness (QED) is 0.749. The Morgan fingerprint density at radius 3 is 2.55 bits per heavy atom. The van der Waals surface area contributed by atoms with Crippen LogP contribution in [0.4, 0.5) is 0 Å². The van der Waals surface area contributed by atoms with E-state index in [0.29, 0.717) is 13.2 Å². The van der Waals surface area contributed by atoms with Crippen molar-refractivity contribution in [3.63, 3.8) is 0 Å². The molecular formula is C16H18N4O2. The van der Waals surface area contributed by atoms with Gasteiger partial charge in [0, 0.05) is 5.56 Å². The van der Waals surface area contributed by atoms with Crippen LogP contribution in [0, 0.1) is 0 Å². The highest BCUT2D eigenvalue weighted by molar-refractivity contribution is 5.99. The maximum absolute atomic E-state index is 8.76. The second kappa shape index (κ2) is 6.93. The topological polar surface area (TPSA) is 69.1 Å². The SMILES string of the molecule is OCCOc1ccc(C2=NNNN2Cc2ccccc2)cc1. The Hall–Kier alpha value is -2.57. The number of hydrazine groups is 2. The normalized spacial score (nSPS) is 13.7. The number of ether oxygens (including phenoxy) is 1. The number of nitrogens with zero attached hydrogens (tertiary/aromatic N) is 2. The van der Waals surface area contributed by atoms with Gasteiger partial charge in [-0.25, -0.2) is 5.53 Å². The summed E-state index contributed by atoms with van der Waals surface area (Å²) in [5.74, 6) is 1.55. The lowest BCUT2D eigenvalue weighted by Crippen LogP contribution is -2.40. The van der Waals surface area contributed by atoms with E-state index in [4.69, 9.17) is 9.84 Å². The molecule has 0 saturated carbocycles. The molecule has 0 aromatic heterocycles. The van der Waals surface area contributed by atoms with E-state index in [2.05, 4.69) is 28.3 Å². The fraction of sp³-hybridized carbons (Fsp3) is 0.188. The third-order valence-electron chi connectivity index (χ3n) is 3.26. The molecule has 0 fully saturated rings. The molecule has 0 unspecified atom stereocenters. The molecule has 6 heteroatoms. The number of hydrogen-bond acceptors (Lipinski definition) is 6. The molecule has 3 rings (SSSR count). The Balaban J connectivity index is 1.70. The highest BCUT2D eigenvalue weighted by Crippen LogP contribution is 2.16. The molecule has 2 aromatic carbocycles. The molecule has 22 heavy (non-hydrogen) atoms. The first-order valence-electron chi connectivity index (χ1n) is 7.11. The molecule has 1 heterocycles. The van der Waals surface area contributed by atoms with Crippen LogP contribution in [0.3, 0.4) is 0 Å². The lowest BCUT2D eigenvalue weighted by molar-refractivity contribution is 0.201. The van der Waals surface area contributed by atoms with Crippen molar-refractivity contribution in [2.45, 2.75) is 6.54 Å². The van der Waals surface area contributed by atoms with Crippen LogP contribution in [0.5, 0.6) is 5.75 Å². The van der Waals surface area contributed by atoms with Crippen LogP contribution in [0.25, 0.3) is 0 Å². The first kappa shape index (κ1) is 14.4. The van der Waals surface area contributed by atoms with Crippen molar-refractivity contribution in [2.24, 2.45) is 5.10 Å². The zero-order valence-electron chi connectivity index (χ0n) is 12.1. The summed E-state index contributed by atoms with van der Waals surface area (Å²) < 4.78 is 5.36. The summed E-state index contributed by atoms with van der Waals surface area (Å²) in [6, 6.07) is 17.8. The lowest BCUT2D eigenvalue weighted by Gasteiger charge is -2.19. The minimum absolute atomic E-state index is 0.00710. The highest BCUT2D eigenvalue weighted by atomic mass is 16.5. The van der Waals surface area contributed by atoms with E-state index in [1.54, 1.807) is 0 Å². The Labute approximate surface area is 129 Å². The van der Waals surface area contributed by atoms with Gasteiger partial charge in [0.1, 0.15) is 12.4 Å².